The molecule has 0 saturated carbocycles. The Morgan fingerprint density at radius 2 is 1.92 bits per heavy atom. The molecule has 1 aromatic heterocycles. The van der Waals surface area contributed by atoms with E-state index in [0.717, 1.165) is 28.8 Å². The van der Waals surface area contributed by atoms with Gasteiger partial charge in [0, 0.05) is 31.1 Å². The fraction of sp³-hybridized carbons (Fsp3) is 0.474. The van der Waals surface area contributed by atoms with E-state index in [1.807, 2.05) is 45.9 Å². The number of fused-ring (bicyclic) bond motifs is 1. The molecule has 26 heavy (non-hydrogen) atoms. The molecule has 1 amide bonds. The van der Waals surface area contributed by atoms with Gasteiger partial charge in [-0.2, -0.15) is 0 Å². The summed E-state index contributed by atoms with van der Waals surface area (Å²) in [5, 5.41) is 10.2. The Morgan fingerprint density at radius 1 is 1.23 bits per heavy atom. The number of hydrogen-bond donors (Lipinski definition) is 3. The summed E-state index contributed by atoms with van der Waals surface area (Å²) in [7, 11) is 1.65. The Labute approximate surface area is 172 Å². The van der Waals surface area contributed by atoms with Crippen LogP contribution in [-0.2, 0) is 11.3 Å². The number of guanidine groups is 1. The highest BCUT2D eigenvalue weighted by Crippen LogP contribution is 2.25. The quantitative estimate of drug-likeness (QED) is 0.343. The number of halogens is 1. The van der Waals surface area contributed by atoms with E-state index < -0.39 is 5.41 Å². The van der Waals surface area contributed by atoms with Crippen molar-refractivity contribution in [2.45, 2.75) is 34.2 Å². The number of para-hydroxylation sites is 1. The van der Waals surface area contributed by atoms with Crippen LogP contribution in [0.3, 0.4) is 0 Å². The van der Waals surface area contributed by atoms with Gasteiger partial charge in [0.2, 0.25) is 5.91 Å². The van der Waals surface area contributed by atoms with Crippen molar-refractivity contribution in [2.75, 3.05) is 20.1 Å². The van der Waals surface area contributed by atoms with Crippen molar-refractivity contribution in [1.29, 1.82) is 0 Å². The van der Waals surface area contributed by atoms with Crippen LogP contribution < -0.4 is 16.0 Å². The molecule has 1 aromatic carbocycles. The van der Waals surface area contributed by atoms with Gasteiger partial charge >= 0.3 is 0 Å². The van der Waals surface area contributed by atoms with Gasteiger partial charge in [-0.1, -0.05) is 18.2 Å². The van der Waals surface area contributed by atoms with Gasteiger partial charge in [0.15, 0.2) is 5.96 Å². The molecule has 1 heterocycles. The third-order valence-electron chi connectivity index (χ3n) is 4.21. The summed E-state index contributed by atoms with van der Waals surface area (Å²) in [5.74, 6) is 1.51. The van der Waals surface area contributed by atoms with Gasteiger partial charge in [0.1, 0.15) is 17.9 Å². The Balaban J connectivity index is 0.00000338. The van der Waals surface area contributed by atoms with E-state index in [-0.39, 0.29) is 29.9 Å². The summed E-state index contributed by atoms with van der Waals surface area (Å²) in [5.41, 5.74) is 1.46. The van der Waals surface area contributed by atoms with Crippen LogP contribution in [0.4, 0.5) is 0 Å². The van der Waals surface area contributed by atoms with Crippen molar-refractivity contribution < 1.29 is 9.21 Å². The van der Waals surface area contributed by atoms with Crippen LogP contribution in [0.2, 0.25) is 0 Å². The number of rotatable bonds is 6. The number of carbonyl (C=O) groups excluding carboxylic acids is 1. The lowest BCUT2D eigenvalue weighted by atomic mass is 9.92. The smallest absolute Gasteiger partial charge is 0.227 e. The maximum atomic E-state index is 11.9. The molecule has 6 nitrogen and oxygen atoms in total. The van der Waals surface area contributed by atoms with E-state index in [4.69, 9.17) is 4.42 Å². The van der Waals surface area contributed by atoms with Gasteiger partial charge in [0.05, 0.1) is 5.41 Å². The zero-order valence-electron chi connectivity index (χ0n) is 16.1. The average molecular weight is 472 g/mol. The van der Waals surface area contributed by atoms with Crippen LogP contribution in [-0.4, -0.2) is 32.0 Å². The number of hydrogen-bond acceptors (Lipinski definition) is 3. The van der Waals surface area contributed by atoms with E-state index in [9.17, 15) is 4.79 Å². The van der Waals surface area contributed by atoms with Gasteiger partial charge in [0.25, 0.3) is 0 Å². The zero-order valence-corrected chi connectivity index (χ0v) is 18.4. The van der Waals surface area contributed by atoms with Crippen LogP contribution in [0, 0.1) is 12.3 Å². The number of amides is 1. The fourth-order valence-electron chi connectivity index (χ4n) is 2.59. The first-order valence-corrected chi connectivity index (χ1v) is 8.60. The molecule has 3 N–H and O–H groups in total. The Hall–Kier alpha value is -1.77. The molecular weight excluding hydrogens is 443 g/mol. The van der Waals surface area contributed by atoms with Crippen molar-refractivity contribution >= 4 is 46.8 Å². The van der Waals surface area contributed by atoms with Gasteiger partial charge in [-0.25, -0.2) is 4.99 Å². The Morgan fingerprint density at radius 3 is 2.54 bits per heavy atom. The van der Waals surface area contributed by atoms with Gasteiger partial charge in [-0.15, -0.1) is 24.0 Å². The maximum absolute atomic E-state index is 11.9. The number of nitrogens with zero attached hydrogens (tertiary/aromatic N) is 1. The first-order valence-electron chi connectivity index (χ1n) is 8.60. The highest BCUT2D eigenvalue weighted by molar-refractivity contribution is 14.0. The zero-order chi connectivity index (χ0) is 18.4. The molecule has 2 aromatic rings. The summed E-state index contributed by atoms with van der Waals surface area (Å²) in [6, 6.07) is 7.98. The summed E-state index contributed by atoms with van der Waals surface area (Å²) >= 11 is 0. The maximum Gasteiger partial charge on any atom is 0.227 e. The number of aliphatic imine (C=N–C) groups is 1. The summed E-state index contributed by atoms with van der Waals surface area (Å²) in [6.07, 6.45) is 0. The third-order valence-corrected chi connectivity index (χ3v) is 4.21. The molecule has 0 unspecified atom stereocenters. The minimum atomic E-state index is -0.528. The topological polar surface area (TPSA) is 78.7 Å². The molecule has 0 atom stereocenters. The minimum absolute atomic E-state index is 0. The number of furan rings is 1. The predicted molar refractivity (Wildman–Crippen MR) is 117 cm³/mol. The molecule has 0 fully saturated rings. The summed E-state index contributed by atoms with van der Waals surface area (Å²) < 4.78 is 5.90. The van der Waals surface area contributed by atoms with Crippen molar-refractivity contribution in [3.63, 3.8) is 0 Å². The predicted octanol–water partition coefficient (Wildman–Crippen LogP) is 3.19. The van der Waals surface area contributed by atoms with E-state index in [1.165, 1.54) is 0 Å². The van der Waals surface area contributed by atoms with E-state index >= 15 is 0 Å². The van der Waals surface area contributed by atoms with E-state index in [1.54, 1.807) is 7.05 Å². The molecule has 7 heteroatoms. The molecule has 2 rings (SSSR count). The molecule has 0 bridgehead atoms. The normalized spacial score (nSPS) is 11.8. The molecule has 0 saturated heterocycles. The van der Waals surface area contributed by atoms with Crippen molar-refractivity contribution in [2.24, 2.45) is 10.4 Å². The molecule has 0 aliphatic rings. The highest BCUT2D eigenvalue weighted by atomic mass is 127. The molecular formula is C19H29IN4O2. The lowest BCUT2D eigenvalue weighted by Crippen LogP contribution is -2.47. The Bertz CT molecular complexity index is 768. The van der Waals surface area contributed by atoms with E-state index in [2.05, 4.69) is 27.0 Å². The lowest BCUT2D eigenvalue weighted by molar-refractivity contribution is -0.128. The second kappa shape index (κ2) is 9.80. The Kier molecular flexibility index (Phi) is 8.39. The highest BCUT2D eigenvalue weighted by Gasteiger charge is 2.26. The molecule has 0 aliphatic heterocycles. The SMILES string of the molecule is CCNC(=NCc1oc2ccccc2c1C)NCC(C)(C)C(=O)NC.I. The second-order valence-electron chi connectivity index (χ2n) is 6.66. The number of aryl methyl sites for hydroxylation is 1. The minimum Gasteiger partial charge on any atom is -0.459 e. The number of carbonyl (C=O) groups is 1. The largest absolute Gasteiger partial charge is 0.459 e. The van der Waals surface area contributed by atoms with E-state index in [0.29, 0.717) is 19.0 Å². The third kappa shape index (κ3) is 5.36. The van der Waals surface area contributed by atoms with Crippen LogP contribution in [0.15, 0.2) is 33.7 Å². The molecule has 144 valence electrons. The van der Waals surface area contributed by atoms with Crippen LogP contribution in [0.5, 0.6) is 0 Å². The van der Waals surface area contributed by atoms with Crippen molar-refractivity contribution in [3.8, 4) is 0 Å². The van der Waals surface area contributed by atoms with Crippen LogP contribution in [0.25, 0.3) is 11.0 Å². The van der Waals surface area contributed by atoms with Crippen molar-refractivity contribution in [1.82, 2.24) is 16.0 Å². The fourth-order valence-corrected chi connectivity index (χ4v) is 2.59. The van der Waals surface area contributed by atoms with Gasteiger partial charge in [-0.3, -0.25) is 4.79 Å². The molecule has 0 spiro atoms. The first kappa shape index (κ1) is 22.3. The summed E-state index contributed by atoms with van der Waals surface area (Å²) in [4.78, 5) is 16.5. The van der Waals surface area contributed by atoms with Crippen molar-refractivity contribution in [3.05, 3.63) is 35.6 Å². The number of benzene rings is 1. The number of nitrogens with one attached hydrogen (secondary N) is 3. The summed E-state index contributed by atoms with van der Waals surface area (Å²) in [6.45, 7) is 9.51. The second-order valence-corrected chi connectivity index (χ2v) is 6.66. The average Bonchev–Trinajstić information content (AvgIpc) is 2.93. The van der Waals surface area contributed by atoms with Gasteiger partial charge in [-0.05, 0) is 33.8 Å². The van der Waals surface area contributed by atoms with Crippen LogP contribution in [0.1, 0.15) is 32.1 Å². The molecule has 0 radical (unpaired) electrons. The standard InChI is InChI=1S/C19H28N4O2.HI/c1-6-21-18(23-12-19(3,4)17(24)20-5)22-11-16-13(2)14-9-7-8-10-15(14)25-16;/h7-10H,6,11-12H2,1-5H3,(H,20,24)(H2,21,22,23);1H. The molecule has 0 aliphatic carbocycles. The van der Waals surface area contributed by atoms with Gasteiger partial charge < -0.3 is 20.4 Å². The first-order chi connectivity index (χ1) is 11.9. The lowest BCUT2D eigenvalue weighted by Gasteiger charge is -2.24. The van der Waals surface area contributed by atoms with Crippen LogP contribution >= 0.6 is 24.0 Å². The monoisotopic (exact) mass is 472 g/mol.